The van der Waals surface area contributed by atoms with Crippen molar-refractivity contribution >= 4 is 11.7 Å². The van der Waals surface area contributed by atoms with Crippen LogP contribution in [0.1, 0.15) is 24.0 Å². The Morgan fingerprint density at radius 3 is 2.56 bits per heavy atom. The summed E-state index contributed by atoms with van der Waals surface area (Å²) in [5, 5.41) is 0. The van der Waals surface area contributed by atoms with Crippen molar-refractivity contribution in [2.24, 2.45) is 5.92 Å². The van der Waals surface area contributed by atoms with E-state index in [4.69, 9.17) is 14.2 Å². The van der Waals surface area contributed by atoms with Crippen LogP contribution in [0.3, 0.4) is 0 Å². The summed E-state index contributed by atoms with van der Waals surface area (Å²) in [5.74, 6) is 1.17. The summed E-state index contributed by atoms with van der Waals surface area (Å²) in [4.78, 5) is 12.8. The average Bonchev–Trinajstić information content (AvgIpc) is 2.67. The maximum Gasteiger partial charge on any atom is 0.338 e. The highest BCUT2D eigenvalue weighted by atomic mass is 16.5. The molecule has 0 bridgehead atoms. The molecule has 0 saturated carbocycles. The summed E-state index contributed by atoms with van der Waals surface area (Å²) >= 11 is 0. The number of esters is 1. The predicted octanol–water partition coefficient (Wildman–Crippen LogP) is 3.78. The highest BCUT2D eigenvalue weighted by molar-refractivity contribution is 5.98. The van der Waals surface area contributed by atoms with E-state index < -0.39 is 0 Å². The van der Waals surface area contributed by atoms with E-state index in [0.29, 0.717) is 31.2 Å². The first-order valence-electron chi connectivity index (χ1n) is 8.60. The van der Waals surface area contributed by atoms with Crippen molar-refractivity contribution in [1.29, 1.82) is 0 Å². The zero-order chi connectivity index (χ0) is 17.2. The highest BCUT2D eigenvalue weighted by Crippen LogP contribution is 2.47. The zero-order valence-corrected chi connectivity index (χ0v) is 14.1. The van der Waals surface area contributed by atoms with E-state index in [-0.39, 0.29) is 17.8 Å². The first-order valence-corrected chi connectivity index (χ1v) is 8.60. The van der Waals surface area contributed by atoms with Crippen molar-refractivity contribution < 1.29 is 19.0 Å². The van der Waals surface area contributed by atoms with Gasteiger partial charge < -0.3 is 14.2 Å². The Morgan fingerprint density at radius 2 is 1.76 bits per heavy atom. The van der Waals surface area contributed by atoms with Crippen LogP contribution < -0.4 is 4.74 Å². The third kappa shape index (κ3) is 2.78. The molecule has 0 saturated heterocycles. The molecule has 4 heteroatoms. The molecule has 2 aromatic carbocycles. The minimum atomic E-state index is -0.312. The second kappa shape index (κ2) is 6.63. The summed E-state index contributed by atoms with van der Waals surface area (Å²) in [6.07, 6.45) is 0. The van der Waals surface area contributed by atoms with Crippen molar-refractivity contribution in [3.8, 4) is 5.75 Å². The lowest BCUT2D eigenvalue weighted by molar-refractivity contribution is -0.139. The van der Waals surface area contributed by atoms with Crippen LogP contribution in [0.2, 0.25) is 0 Å². The summed E-state index contributed by atoms with van der Waals surface area (Å²) in [6.45, 7) is 3.21. The Balaban J connectivity index is 1.90. The zero-order valence-electron chi connectivity index (χ0n) is 14.1. The molecule has 4 nitrogen and oxygen atoms in total. The predicted molar refractivity (Wildman–Crippen MR) is 94.1 cm³/mol. The third-order valence-electron chi connectivity index (χ3n) is 4.71. The number of hydrogen-bond acceptors (Lipinski definition) is 4. The summed E-state index contributed by atoms with van der Waals surface area (Å²) in [5.41, 5.74) is 2.52. The van der Waals surface area contributed by atoms with Crippen LogP contribution in [-0.2, 0) is 14.3 Å². The van der Waals surface area contributed by atoms with Gasteiger partial charge in [0.15, 0.2) is 0 Å². The van der Waals surface area contributed by atoms with Crippen LogP contribution in [-0.4, -0.2) is 25.8 Å². The number of benzene rings is 2. The van der Waals surface area contributed by atoms with Crippen molar-refractivity contribution in [3.63, 3.8) is 0 Å². The van der Waals surface area contributed by atoms with Crippen molar-refractivity contribution in [3.05, 3.63) is 71.3 Å². The lowest BCUT2D eigenvalue weighted by atomic mass is 9.76. The van der Waals surface area contributed by atoms with E-state index in [1.165, 1.54) is 0 Å². The largest absolute Gasteiger partial charge is 0.493 e. The number of carbonyl (C=O) groups is 1. The molecule has 0 N–H and O–H groups in total. The van der Waals surface area contributed by atoms with E-state index in [2.05, 4.69) is 0 Å². The third-order valence-corrected chi connectivity index (χ3v) is 4.71. The molecular formula is C21H20O4. The molecule has 25 heavy (non-hydrogen) atoms. The fourth-order valence-corrected chi connectivity index (χ4v) is 3.62. The molecule has 0 aliphatic carbocycles. The van der Waals surface area contributed by atoms with Gasteiger partial charge in [0.25, 0.3) is 0 Å². The molecule has 128 valence electrons. The van der Waals surface area contributed by atoms with Crippen LogP contribution in [0.15, 0.2) is 60.2 Å². The fourth-order valence-electron chi connectivity index (χ4n) is 3.62. The number of fused-ring (bicyclic) bond motifs is 3. The van der Waals surface area contributed by atoms with E-state index >= 15 is 0 Å². The van der Waals surface area contributed by atoms with E-state index in [1.54, 1.807) is 0 Å². The number of hydrogen-bond donors (Lipinski definition) is 0. The lowest BCUT2D eigenvalue weighted by Crippen LogP contribution is -2.36. The summed E-state index contributed by atoms with van der Waals surface area (Å²) < 4.78 is 17.3. The van der Waals surface area contributed by atoms with Gasteiger partial charge in [0.2, 0.25) is 0 Å². The summed E-state index contributed by atoms with van der Waals surface area (Å²) in [7, 11) is 0. The smallest absolute Gasteiger partial charge is 0.338 e. The van der Waals surface area contributed by atoms with Gasteiger partial charge in [-0.15, -0.1) is 0 Å². The van der Waals surface area contributed by atoms with Gasteiger partial charge in [-0.25, -0.2) is 4.79 Å². The molecule has 2 aliphatic rings. The van der Waals surface area contributed by atoms with Crippen LogP contribution in [0, 0.1) is 5.92 Å². The van der Waals surface area contributed by atoms with Gasteiger partial charge >= 0.3 is 5.97 Å². The summed E-state index contributed by atoms with van der Waals surface area (Å²) in [6, 6.07) is 17.7. The molecule has 0 radical (unpaired) electrons. The molecular weight excluding hydrogens is 316 g/mol. The first kappa shape index (κ1) is 15.8. The van der Waals surface area contributed by atoms with Gasteiger partial charge in [-0.1, -0.05) is 48.5 Å². The van der Waals surface area contributed by atoms with E-state index in [0.717, 1.165) is 16.9 Å². The first-order chi connectivity index (χ1) is 12.3. The molecule has 0 amide bonds. The topological polar surface area (TPSA) is 44.8 Å². The van der Waals surface area contributed by atoms with Gasteiger partial charge in [-0.2, -0.15) is 0 Å². The SMILES string of the molecule is CCOC(=O)C1=C(c2ccccc2)OC[C@H]2COc3ccccc3[C@H]12. The maximum absolute atomic E-state index is 12.8. The Bertz CT molecular complexity index is 810. The van der Waals surface area contributed by atoms with Gasteiger partial charge in [0, 0.05) is 23.0 Å². The monoisotopic (exact) mass is 336 g/mol. The van der Waals surface area contributed by atoms with Crippen molar-refractivity contribution in [2.75, 3.05) is 19.8 Å². The van der Waals surface area contributed by atoms with Gasteiger partial charge in [0.1, 0.15) is 11.5 Å². The highest BCUT2D eigenvalue weighted by Gasteiger charge is 2.42. The second-order valence-electron chi connectivity index (χ2n) is 6.23. The van der Waals surface area contributed by atoms with Crippen LogP contribution in [0.5, 0.6) is 5.75 Å². The lowest BCUT2D eigenvalue weighted by Gasteiger charge is -2.38. The van der Waals surface area contributed by atoms with Gasteiger partial charge in [0.05, 0.1) is 25.4 Å². The number of para-hydroxylation sites is 1. The Kier molecular flexibility index (Phi) is 4.18. The molecule has 0 spiro atoms. The fraction of sp³-hybridized carbons (Fsp3) is 0.286. The van der Waals surface area contributed by atoms with Gasteiger partial charge in [-0.3, -0.25) is 0 Å². The number of ether oxygens (including phenoxy) is 3. The van der Waals surface area contributed by atoms with Crippen molar-refractivity contribution in [1.82, 2.24) is 0 Å². The van der Waals surface area contributed by atoms with Gasteiger partial charge in [-0.05, 0) is 13.0 Å². The molecule has 0 fully saturated rings. The maximum atomic E-state index is 12.8. The quantitative estimate of drug-likeness (QED) is 0.800. The minimum absolute atomic E-state index is 0.0760. The molecule has 2 aromatic rings. The van der Waals surface area contributed by atoms with Crippen LogP contribution in [0.25, 0.3) is 5.76 Å². The second-order valence-corrected chi connectivity index (χ2v) is 6.23. The molecule has 0 unspecified atom stereocenters. The molecule has 2 atom stereocenters. The van der Waals surface area contributed by atoms with Crippen molar-refractivity contribution in [2.45, 2.75) is 12.8 Å². The average molecular weight is 336 g/mol. The Morgan fingerprint density at radius 1 is 1.04 bits per heavy atom. The molecule has 0 aromatic heterocycles. The minimum Gasteiger partial charge on any atom is -0.493 e. The van der Waals surface area contributed by atoms with Crippen LogP contribution in [0.4, 0.5) is 0 Å². The normalized spacial score (nSPS) is 21.5. The number of rotatable bonds is 3. The molecule has 4 rings (SSSR count). The molecule has 2 heterocycles. The standard InChI is InChI=1S/C21H20O4/c1-2-23-21(22)19-18-15(12-24-17-11-7-6-10-16(17)18)13-25-20(19)14-8-4-3-5-9-14/h3-11,15,18H,2,12-13H2,1H3/t15-,18-/m1/s1. The Labute approximate surface area is 147 Å². The number of carbonyl (C=O) groups excluding carboxylic acids is 1. The Hall–Kier alpha value is -2.75. The molecule has 2 aliphatic heterocycles. The van der Waals surface area contributed by atoms with E-state index in [1.807, 2.05) is 61.5 Å². The van der Waals surface area contributed by atoms with Crippen LogP contribution >= 0.6 is 0 Å². The van der Waals surface area contributed by atoms with E-state index in [9.17, 15) is 4.79 Å².